The molecule has 0 unspecified atom stereocenters. The van der Waals surface area contributed by atoms with E-state index in [1.807, 2.05) is 0 Å². The number of benzene rings is 2. The highest BCUT2D eigenvalue weighted by Crippen LogP contribution is 2.34. The molecule has 2 aliphatic rings. The van der Waals surface area contributed by atoms with Gasteiger partial charge in [-0.25, -0.2) is 0 Å². The van der Waals surface area contributed by atoms with Crippen molar-refractivity contribution in [3.63, 3.8) is 0 Å². The van der Waals surface area contributed by atoms with Crippen molar-refractivity contribution in [2.45, 2.75) is 45.1 Å². The van der Waals surface area contributed by atoms with Gasteiger partial charge >= 0.3 is 0 Å². The number of Topliss-reactive ketones (excluding diaryl/α,β-unsaturated/α-hetero) is 2. The van der Waals surface area contributed by atoms with Crippen LogP contribution < -0.4 is 10.2 Å². The van der Waals surface area contributed by atoms with Crippen LogP contribution in [-0.2, 0) is 4.79 Å². The quantitative estimate of drug-likeness (QED) is 0.653. The zero-order chi connectivity index (χ0) is 22.1. The summed E-state index contributed by atoms with van der Waals surface area (Å²) in [5, 5.41) is 3.90. The third-order valence-electron chi connectivity index (χ3n) is 5.75. The lowest BCUT2D eigenvalue weighted by molar-refractivity contribution is -0.116. The first-order valence-electron chi connectivity index (χ1n) is 10.3. The van der Waals surface area contributed by atoms with Crippen LogP contribution in [0.25, 0.3) is 0 Å². The lowest BCUT2D eigenvalue weighted by Crippen LogP contribution is -2.43. The number of carbonyl (C=O) groups is 3. The number of ketones is 2. The molecular weight excluding hydrogens is 435 g/mol. The molecule has 160 valence electrons. The van der Waals surface area contributed by atoms with Gasteiger partial charge in [0.2, 0.25) is 17.5 Å². The molecule has 0 spiro atoms. The molecule has 1 amide bonds. The summed E-state index contributed by atoms with van der Waals surface area (Å²) in [6.07, 6.45) is 5.09. The van der Waals surface area contributed by atoms with Crippen molar-refractivity contribution in [1.29, 1.82) is 0 Å². The molecule has 2 aromatic rings. The molecule has 1 saturated carbocycles. The summed E-state index contributed by atoms with van der Waals surface area (Å²) in [5.41, 5.74) is 1.19. The second-order valence-electron chi connectivity index (χ2n) is 7.86. The summed E-state index contributed by atoms with van der Waals surface area (Å²) < 4.78 is 0. The number of hydrogen-bond acceptors (Lipinski definition) is 4. The van der Waals surface area contributed by atoms with Gasteiger partial charge in [0.1, 0.15) is 11.4 Å². The molecule has 0 atom stereocenters. The molecule has 0 heterocycles. The van der Waals surface area contributed by atoms with Crippen molar-refractivity contribution >= 4 is 46.4 Å². The second-order valence-corrected chi connectivity index (χ2v) is 8.67. The molecular formula is C24H22Cl2N2O3. The Kier molecular flexibility index (Phi) is 6.17. The topological polar surface area (TPSA) is 66.5 Å². The molecule has 2 aromatic carbocycles. The summed E-state index contributed by atoms with van der Waals surface area (Å²) in [6, 6.07) is 11.5. The molecule has 0 bridgehead atoms. The van der Waals surface area contributed by atoms with E-state index in [0.717, 1.165) is 32.1 Å². The van der Waals surface area contributed by atoms with Crippen molar-refractivity contribution < 1.29 is 14.4 Å². The Labute approximate surface area is 191 Å². The number of hydrogen-bond donors (Lipinski definition) is 1. The first kappa shape index (κ1) is 21.6. The summed E-state index contributed by atoms with van der Waals surface area (Å²) in [7, 11) is 0. The molecule has 1 fully saturated rings. The summed E-state index contributed by atoms with van der Waals surface area (Å²) in [5.74, 6) is -1.08. The standard InChI is InChI=1S/C24H22Cl2N2O3/c1-14(29)28(16-11-12-19(25)20(26)13-16)22-21(27-15-7-3-2-4-8-15)23(30)17-9-5-6-10-18(17)24(22)31/h5-6,9-13,15,27H,2-4,7-8H2,1H3. The molecule has 2 aliphatic carbocycles. The summed E-state index contributed by atoms with van der Waals surface area (Å²) >= 11 is 12.2. The highest BCUT2D eigenvalue weighted by molar-refractivity contribution is 6.42. The maximum absolute atomic E-state index is 13.6. The predicted octanol–water partition coefficient (Wildman–Crippen LogP) is 5.56. The maximum atomic E-state index is 13.6. The number of rotatable bonds is 4. The largest absolute Gasteiger partial charge is 0.377 e. The van der Waals surface area contributed by atoms with Crippen molar-refractivity contribution in [2.75, 3.05) is 4.90 Å². The summed E-state index contributed by atoms with van der Waals surface area (Å²) in [6.45, 7) is 1.35. The minimum absolute atomic E-state index is 0.0279. The second kappa shape index (κ2) is 8.85. The van der Waals surface area contributed by atoms with Crippen LogP contribution >= 0.6 is 23.2 Å². The Morgan fingerprint density at radius 2 is 1.58 bits per heavy atom. The third-order valence-corrected chi connectivity index (χ3v) is 6.49. The number of halogens is 2. The van der Waals surface area contributed by atoms with E-state index in [9.17, 15) is 14.4 Å². The van der Waals surface area contributed by atoms with Gasteiger partial charge in [-0.1, -0.05) is 66.7 Å². The number of anilines is 1. The van der Waals surface area contributed by atoms with Gasteiger partial charge in [0.25, 0.3) is 0 Å². The Hall–Kier alpha value is -2.63. The van der Waals surface area contributed by atoms with Crippen molar-refractivity contribution in [1.82, 2.24) is 5.32 Å². The normalized spacial score (nSPS) is 16.9. The number of amides is 1. The third kappa shape index (κ3) is 4.12. The molecule has 0 radical (unpaired) electrons. The average molecular weight is 457 g/mol. The first-order chi connectivity index (χ1) is 14.9. The van der Waals surface area contributed by atoms with Crippen molar-refractivity contribution in [2.24, 2.45) is 0 Å². The van der Waals surface area contributed by atoms with Gasteiger partial charge in [0.05, 0.1) is 15.7 Å². The summed E-state index contributed by atoms with van der Waals surface area (Å²) in [4.78, 5) is 41.1. The zero-order valence-corrected chi connectivity index (χ0v) is 18.6. The smallest absolute Gasteiger partial charge is 0.228 e. The Morgan fingerprint density at radius 1 is 0.935 bits per heavy atom. The van der Waals surface area contributed by atoms with Gasteiger partial charge in [-0.15, -0.1) is 0 Å². The predicted molar refractivity (Wildman–Crippen MR) is 122 cm³/mol. The zero-order valence-electron chi connectivity index (χ0n) is 17.1. The number of allylic oxidation sites excluding steroid dienone is 2. The van der Waals surface area contributed by atoms with Gasteiger partial charge in [-0.05, 0) is 31.0 Å². The van der Waals surface area contributed by atoms with E-state index < -0.39 is 5.91 Å². The lowest BCUT2D eigenvalue weighted by Gasteiger charge is -2.32. The van der Waals surface area contributed by atoms with Gasteiger partial charge in [0, 0.05) is 24.1 Å². The van der Waals surface area contributed by atoms with Gasteiger partial charge in [-0.2, -0.15) is 0 Å². The number of carbonyl (C=O) groups excluding carboxylic acids is 3. The molecule has 0 saturated heterocycles. The molecule has 0 aromatic heterocycles. The molecule has 1 N–H and O–H groups in total. The van der Waals surface area contributed by atoms with Gasteiger partial charge < -0.3 is 5.32 Å². The number of nitrogens with one attached hydrogen (secondary N) is 1. The Morgan fingerprint density at radius 3 is 2.19 bits per heavy atom. The van der Waals surface area contributed by atoms with E-state index in [0.29, 0.717) is 16.3 Å². The fourth-order valence-corrected chi connectivity index (χ4v) is 4.55. The van der Waals surface area contributed by atoms with E-state index in [1.165, 1.54) is 17.9 Å². The van der Waals surface area contributed by atoms with Crippen LogP contribution in [-0.4, -0.2) is 23.5 Å². The Balaban J connectivity index is 1.89. The van der Waals surface area contributed by atoms with Crippen molar-refractivity contribution in [3.8, 4) is 0 Å². The molecule has 5 nitrogen and oxygen atoms in total. The van der Waals surface area contributed by atoms with E-state index in [4.69, 9.17) is 23.2 Å². The molecule has 4 rings (SSSR count). The highest BCUT2D eigenvalue weighted by atomic mass is 35.5. The molecule has 0 aliphatic heterocycles. The maximum Gasteiger partial charge on any atom is 0.228 e. The van der Waals surface area contributed by atoms with Crippen LogP contribution in [0, 0.1) is 0 Å². The van der Waals surface area contributed by atoms with Crippen LogP contribution in [0.3, 0.4) is 0 Å². The minimum atomic E-state index is -0.406. The first-order valence-corrected chi connectivity index (χ1v) is 11.1. The fourth-order valence-electron chi connectivity index (χ4n) is 4.25. The van der Waals surface area contributed by atoms with Crippen LogP contribution in [0.4, 0.5) is 5.69 Å². The van der Waals surface area contributed by atoms with Crippen LogP contribution in [0.15, 0.2) is 53.9 Å². The monoisotopic (exact) mass is 456 g/mol. The van der Waals surface area contributed by atoms with E-state index in [1.54, 1.807) is 36.4 Å². The molecule has 7 heteroatoms. The van der Waals surface area contributed by atoms with Crippen LogP contribution in [0.1, 0.15) is 59.7 Å². The van der Waals surface area contributed by atoms with E-state index in [-0.39, 0.29) is 39.6 Å². The van der Waals surface area contributed by atoms with Gasteiger partial charge in [0.15, 0.2) is 0 Å². The number of fused-ring (bicyclic) bond motifs is 1. The van der Waals surface area contributed by atoms with Gasteiger partial charge in [-0.3, -0.25) is 19.3 Å². The highest BCUT2D eigenvalue weighted by Gasteiger charge is 2.38. The fraction of sp³-hybridized carbons (Fsp3) is 0.292. The van der Waals surface area contributed by atoms with Crippen LogP contribution in [0.2, 0.25) is 10.0 Å². The van der Waals surface area contributed by atoms with E-state index in [2.05, 4.69) is 5.32 Å². The van der Waals surface area contributed by atoms with Crippen molar-refractivity contribution in [3.05, 3.63) is 75.0 Å². The number of nitrogens with zero attached hydrogens (tertiary/aromatic N) is 1. The average Bonchev–Trinajstić information content (AvgIpc) is 2.77. The molecule has 31 heavy (non-hydrogen) atoms. The van der Waals surface area contributed by atoms with Crippen LogP contribution in [0.5, 0.6) is 0 Å². The minimum Gasteiger partial charge on any atom is -0.377 e. The lowest BCUT2D eigenvalue weighted by atomic mass is 9.88. The Bertz CT molecular complexity index is 1100. The van der Waals surface area contributed by atoms with E-state index >= 15 is 0 Å². The SMILES string of the molecule is CC(=O)N(C1=C(NC2CCCCC2)C(=O)c2ccccc2C1=O)c1ccc(Cl)c(Cl)c1.